The van der Waals surface area contributed by atoms with E-state index in [1.807, 2.05) is 18.2 Å². The van der Waals surface area contributed by atoms with Gasteiger partial charge in [-0.25, -0.2) is 9.18 Å². The molecule has 0 unspecified atom stereocenters. The molecule has 1 saturated heterocycles. The van der Waals surface area contributed by atoms with Crippen molar-refractivity contribution in [3.05, 3.63) is 83.7 Å². The molecule has 3 aromatic carbocycles. The molecule has 3 amide bonds. The molecule has 0 aliphatic carbocycles. The molecule has 0 radical (unpaired) electrons. The Kier molecular flexibility index (Phi) is 6.35. The summed E-state index contributed by atoms with van der Waals surface area (Å²) in [7, 11) is 0. The second kappa shape index (κ2) is 9.51. The minimum absolute atomic E-state index is 0.231. The molecule has 0 aromatic heterocycles. The van der Waals surface area contributed by atoms with Crippen molar-refractivity contribution >= 4 is 34.7 Å². The van der Waals surface area contributed by atoms with Gasteiger partial charge in [0.2, 0.25) is 0 Å². The van der Waals surface area contributed by atoms with E-state index in [1.165, 1.54) is 6.07 Å². The number of nitrogens with zero attached hydrogens (tertiary/aromatic N) is 1. The molecule has 32 heavy (non-hydrogen) atoms. The van der Waals surface area contributed by atoms with Crippen molar-refractivity contribution in [2.75, 3.05) is 33.9 Å². The zero-order valence-electron chi connectivity index (χ0n) is 17.8. The number of halogens is 1. The van der Waals surface area contributed by atoms with Crippen LogP contribution in [0.5, 0.6) is 0 Å². The molecule has 164 valence electrons. The Morgan fingerprint density at radius 2 is 1.53 bits per heavy atom. The van der Waals surface area contributed by atoms with Gasteiger partial charge in [-0.2, -0.15) is 0 Å². The summed E-state index contributed by atoms with van der Waals surface area (Å²) in [6, 6.07) is 18.4. The molecular formula is C25H25FN4O2. The van der Waals surface area contributed by atoms with Crippen molar-refractivity contribution < 1.29 is 14.0 Å². The Labute approximate surface area is 186 Å². The van der Waals surface area contributed by atoms with Crippen molar-refractivity contribution in [2.24, 2.45) is 0 Å². The van der Waals surface area contributed by atoms with Crippen LogP contribution >= 0.6 is 0 Å². The van der Waals surface area contributed by atoms with Gasteiger partial charge >= 0.3 is 6.03 Å². The van der Waals surface area contributed by atoms with E-state index >= 15 is 0 Å². The summed E-state index contributed by atoms with van der Waals surface area (Å²) in [5, 5.41) is 8.40. The van der Waals surface area contributed by atoms with Crippen molar-refractivity contribution in [2.45, 2.75) is 19.8 Å². The number of benzene rings is 3. The molecule has 1 aliphatic rings. The molecule has 6 nitrogen and oxygen atoms in total. The first kappa shape index (κ1) is 21.4. The van der Waals surface area contributed by atoms with E-state index in [0.29, 0.717) is 28.2 Å². The van der Waals surface area contributed by atoms with Crippen molar-refractivity contribution in [3.63, 3.8) is 0 Å². The molecule has 1 heterocycles. The highest BCUT2D eigenvalue weighted by atomic mass is 19.1. The van der Waals surface area contributed by atoms with E-state index in [9.17, 15) is 14.0 Å². The average molecular weight is 432 g/mol. The maximum atomic E-state index is 13.8. The lowest BCUT2D eigenvalue weighted by molar-refractivity contribution is 0.102. The number of rotatable bonds is 5. The Bertz CT molecular complexity index is 1130. The highest BCUT2D eigenvalue weighted by Gasteiger charge is 2.18. The van der Waals surface area contributed by atoms with Crippen molar-refractivity contribution in [1.29, 1.82) is 0 Å². The first-order chi connectivity index (χ1) is 15.5. The van der Waals surface area contributed by atoms with Gasteiger partial charge in [0.25, 0.3) is 5.91 Å². The molecular weight excluding hydrogens is 407 g/mol. The number of aryl methyl sites for hydroxylation is 1. The molecule has 7 heteroatoms. The fourth-order valence-electron chi connectivity index (χ4n) is 3.70. The lowest BCUT2D eigenvalue weighted by atomic mass is 10.2. The minimum Gasteiger partial charge on any atom is -0.370 e. The number of anilines is 4. The summed E-state index contributed by atoms with van der Waals surface area (Å²) in [4.78, 5) is 27.4. The molecule has 0 bridgehead atoms. The molecule has 3 aromatic rings. The summed E-state index contributed by atoms with van der Waals surface area (Å²) in [6.45, 7) is 3.46. The molecule has 0 spiro atoms. The Balaban J connectivity index is 1.54. The number of hydrogen-bond donors (Lipinski definition) is 3. The smallest absolute Gasteiger partial charge is 0.323 e. The number of carbonyl (C=O) groups excluding carboxylic acids is 2. The number of urea groups is 1. The van der Waals surface area contributed by atoms with Gasteiger partial charge in [0, 0.05) is 30.0 Å². The standard InChI is InChI=1S/C25H25FN4O2/c1-17-9-10-19(15-21(17)26)28-25(32)29-22-16-20(11-12-23(22)30-13-5-6-14-30)27-24(31)18-7-3-2-4-8-18/h2-4,7-12,15-16H,5-6,13-14H2,1H3,(H,27,31)(H2,28,29,32). The Morgan fingerprint density at radius 1 is 0.844 bits per heavy atom. The number of carbonyl (C=O) groups is 2. The summed E-state index contributed by atoms with van der Waals surface area (Å²) in [5.41, 5.74) is 3.44. The summed E-state index contributed by atoms with van der Waals surface area (Å²) < 4.78 is 13.8. The third-order valence-electron chi connectivity index (χ3n) is 5.42. The zero-order chi connectivity index (χ0) is 22.5. The second-order valence-corrected chi connectivity index (χ2v) is 7.79. The fourth-order valence-corrected chi connectivity index (χ4v) is 3.70. The van der Waals surface area contributed by atoms with Gasteiger partial charge in [0.15, 0.2) is 0 Å². The average Bonchev–Trinajstić information content (AvgIpc) is 3.32. The Hall–Kier alpha value is -3.87. The van der Waals surface area contributed by atoms with Crippen LogP contribution < -0.4 is 20.9 Å². The van der Waals surface area contributed by atoms with Gasteiger partial charge in [-0.05, 0) is 67.8 Å². The maximum Gasteiger partial charge on any atom is 0.323 e. The van der Waals surface area contributed by atoms with Crippen molar-refractivity contribution in [3.8, 4) is 0 Å². The molecule has 3 N–H and O–H groups in total. The van der Waals surface area contributed by atoms with E-state index in [0.717, 1.165) is 31.6 Å². The quantitative estimate of drug-likeness (QED) is 0.489. The normalized spacial score (nSPS) is 13.0. The highest BCUT2D eigenvalue weighted by Crippen LogP contribution is 2.32. The molecule has 0 saturated carbocycles. The van der Waals surface area contributed by atoms with Crippen LogP contribution in [0, 0.1) is 12.7 Å². The lowest BCUT2D eigenvalue weighted by Crippen LogP contribution is -2.24. The van der Waals surface area contributed by atoms with Gasteiger partial charge in [0.1, 0.15) is 5.82 Å². The van der Waals surface area contributed by atoms with E-state index in [2.05, 4.69) is 20.9 Å². The molecule has 1 aliphatic heterocycles. The van der Waals surface area contributed by atoms with Crippen LogP contribution in [0.2, 0.25) is 0 Å². The van der Waals surface area contributed by atoms with Crippen LogP contribution in [0.1, 0.15) is 28.8 Å². The van der Waals surface area contributed by atoms with Gasteiger partial charge in [-0.1, -0.05) is 24.3 Å². The highest BCUT2D eigenvalue weighted by molar-refractivity contribution is 6.06. The van der Waals surface area contributed by atoms with Gasteiger partial charge < -0.3 is 20.9 Å². The predicted octanol–water partition coefficient (Wildman–Crippen LogP) is 5.63. The third kappa shape index (κ3) is 5.06. The summed E-state index contributed by atoms with van der Waals surface area (Å²) in [6.07, 6.45) is 2.17. The monoisotopic (exact) mass is 432 g/mol. The Morgan fingerprint density at radius 3 is 2.25 bits per heavy atom. The van der Waals surface area contributed by atoms with Crippen LogP contribution in [0.4, 0.5) is 31.9 Å². The van der Waals surface area contributed by atoms with E-state index in [-0.39, 0.29) is 11.7 Å². The maximum absolute atomic E-state index is 13.8. The number of nitrogens with one attached hydrogen (secondary N) is 3. The zero-order valence-corrected chi connectivity index (χ0v) is 17.8. The molecule has 0 atom stereocenters. The number of amides is 3. The van der Waals surface area contributed by atoms with E-state index in [1.54, 1.807) is 49.4 Å². The predicted molar refractivity (Wildman–Crippen MR) is 126 cm³/mol. The van der Waals surface area contributed by atoms with Crippen LogP contribution in [0.15, 0.2) is 66.7 Å². The topological polar surface area (TPSA) is 73.5 Å². The van der Waals surface area contributed by atoms with Crippen LogP contribution in [-0.4, -0.2) is 25.0 Å². The summed E-state index contributed by atoms with van der Waals surface area (Å²) in [5.74, 6) is -0.615. The molecule has 1 fully saturated rings. The van der Waals surface area contributed by atoms with E-state index in [4.69, 9.17) is 0 Å². The molecule has 4 rings (SSSR count). The van der Waals surface area contributed by atoms with Gasteiger partial charge in [-0.3, -0.25) is 4.79 Å². The largest absolute Gasteiger partial charge is 0.370 e. The number of hydrogen-bond acceptors (Lipinski definition) is 3. The van der Waals surface area contributed by atoms with E-state index < -0.39 is 6.03 Å². The second-order valence-electron chi connectivity index (χ2n) is 7.79. The minimum atomic E-state index is -0.486. The first-order valence-corrected chi connectivity index (χ1v) is 10.6. The van der Waals surface area contributed by atoms with Gasteiger partial charge in [-0.15, -0.1) is 0 Å². The summed E-state index contributed by atoms with van der Waals surface area (Å²) >= 11 is 0. The fraction of sp³-hybridized carbons (Fsp3) is 0.200. The van der Waals surface area contributed by atoms with Gasteiger partial charge in [0.05, 0.1) is 11.4 Å². The van der Waals surface area contributed by atoms with Crippen molar-refractivity contribution in [1.82, 2.24) is 0 Å². The van der Waals surface area contributed by atoms with Crippen LogP contribution in [0.3, 0.4) is 0 Å². The first-order valence-electron chi connectivity index (χ1n) is 10.6. The van der Waals surface area contributed by atoms with Crippen LogP contribution in [0.25, 0.3) is 0 Å². The lowest BCUT2D eigenvalue weighted by Gasteiger charge is -2.22. The SMILES string of the molecule is Cc1ccc(NC(=O)Nc2cc(NC(=O)c3ccccc3)ccc2N2CCCC2)cc1F. The third-order valence-corrected chi connectivity index (χ3v) is 5.42. The van der Waals surface area contributed by atoms with Crippen LogP contribution in [-0.2, 0) is 0 Å².